The Morgan fingerprint density at radius 3 is 2.47 bits per heavy atom. The number of carbonyl (C=O) groups excluding carboxylic acids is 1. The van der Waals surface area contributed by atoms with E-state index in [9.17, 15) is 4.79 Å². The van der Waals surface area contributed by atoms with Gasteiger partial charge in [-0.3, -0.25) is 9.78 Å². The summed E-state index contributed by atoms with van der Waals surface area (Å²) in [5, 5.41) is 0. The van der Waals surface area contributed by atoms with Crippen molar-refractivity contribution in [3.05, 3.63) is 30.1 Å². The van der Waals surface area contributed by atoms with E-state index in [2.05, 4.69) is 30.7 Å². The van der Waals surface area contributed by atoms with Crippen LogP contribution in [0.3, 0.4) is 0 Å². The predicted molar refractivity (Wildman–Crippen MR) is 76.5 cm³/mol. The fourth-order valence-electron chi connectivity index (χ4n) is 2.12. The highest BCUT2D eigenvalue weighted by atomic mass is 16.2. The van der Waals surface area contributed by atoms with E-state index in [1.165, 1.54) is 5.56 Å². The molecular formula is C16H24N2O. The van der Waals surface area contributed by atoms with Crippen LogP contribution in [0.4, 0.5) is 0 Å². The molecule has 1 fully saturated rings. The molecule has 0 bridgehead atoms. The van der Waals surface area contributed by atoms with Crippen LogP contribution in [0.2, 0.25) is 0 Å². The fourth-order valence-corrected chi connectivity index (χ4v) is 2.12. The molecular weight excluding hydrogens is 236 g/mol. The molecule has 19 heavy (non-hydrogen) atoms. The molecule has 1 amide bonds. The molecule has 0 aliphatic heterocycles. The van der Waals surface area contributed by atoms with Gasteiger partial charge in [-0.2, -0.15) is 0 Å². The van der Waals surface area contributed by atoms with Crippen LogP contribution in [0, 0.1) is 5.41 Å². The minimum atomic E-state index is 0.224. The van der Waals surface area contributed by atoms with Crippen LogP contribution in [-0.4, -0.2) is 21.8 Å². The summed E-state index contributed by atoms with van der Waals surface area (Å²) < 4.78 is 0. The maximum absolute atomic E-state index is 12.4. The van der Waals surface area contributed by atoms with Gasteiger partial charge in [0.25, 0.3) is 0 Å². The maximum Gasteiger partial charge on any atom is 0.223 e. The van der Waals surface area contributed by atoms with E-state index < -0.39 is 0 Å². The van der Waals surface area contributed by atoms with E-state index in [4.69, 9.17) is 0 Å². The summed E-state index contributed by atoms with van der Waals surface area (Å²) in [6.45, 7) is 7.29. The van der Waals surface area contributed by atoms with Crippen molar-refractivity contribution >= 4 is 5.91 Å². The summed E-state index contributed by atoms with van der Waals surface area (Å²) in [5.41, 5.74) is 1.40. The van der Waals surface area contributed by atoms with Crippen molar-refractivity contribution in [1.82, 2.24) is 9.88 Å². The first-order valence-electron chi connectivity index (χ1n) is 7.14. The van der Waals surface area contributed by atoms with Crippen molar-refractivity contribution in [3.8, 4) is 0 Å². The molecule has 104 valence electrons. The second-order valence-electron chi connectivity index (χ2n) is 6.67. The smallest absolute Gasteiger partial charge is 0.223 e. The van der Waals surface area contributed by atoms with Crippen LogP contribution in [0.5, 0.6) is 0 Å². The topological polar surface area (TPSA) is 33.2 Å². The van der Waals surface area contributed by atoms with Crippen molar-refractivity contribution in [1.29, 1.82) is 0 Å². The molecule has 0 aromatic carbocycles. The normalized spacial score (nSPS) is 15.3. The zero-order valence-electron chi connectivity index (χ0n) is 12.2. The first kappa shape index (κ1) is 14.0. The summed E-state index contributed by atoms with van der Waals surface area (Å²) >= 11 is 0. The predicted octanol–water partition coefficient (Wildman–Crippen LogP) is 3.40. The minimum absolute atomic E-state index is 0.224. The number of aromatic nitrogens is 1. The Balaban J connectivity index is 1.94. The third kappa shape index (κ3) is 4.66. The van der Waals surface area contributed by atoms with Crippen LogP contribution in [0.25, 0.3) is 0 Å². The van der Waals surface area contributed by atoms with Crippen LogP contribution in [0.15, 0.2) is 24.5 Å². The molecule has 3 heteroatoms. The lowest BCUT2D eigenvalue weighted by Gasteiger charge is -2.25. The van der Waals surface area contributed by atoms with Gasteiger partial charge in [0.15, 0.2) is 0 Å². The summed E-state index contributed by atoms with van der Waals surface area (Å²) in [4.78, 5) is 18.5. The third-order valence-electron chi connectivity index (χ3n) is 3.50. The van der Waals surface area contributed by atoms with Gasteiger partial charge in [0.2, 0.25) is 5.91 Å². The largest absolute Gasteiger partial charge is 0.335 e. The van der Waals surface area contributed by atoms with Crippen LogP contribution in [0.1, 0.15) is 52.0 Å². The SMILES string of the molecule is CC(C)(C)CCC(=O)N(Cc1ccncc1)C1CC1. The summed E-state index contributed by atoms with van der Waals surface area (Å²) in [7, 11) is 0. The average molecular weight is 260 g/mol. The second kappa shape index (κ2) is 5.72. The van der Waals surface area contributed by atoms with E-state index >= 15 is 0 Å². The van der Waals surface area contributed by atoms with Crippen LogP contribution < -0.4 is 0 Å². The Hall–Kier alpha value is -1.38. The number of amides is 1. The molecule has 0 spiro atoms. The van der Waals surface area contributed by atoms with Crippen molar-refractivity contribution in [3.63, 3.8) is 0 Å². The Kier molecular flexibility index (Phi) is 4.23. The van der Waals surface area contributed by atoms with E-state index in [1.54, 1.807) is 12.4 Å². The highest BCUT2D eigenvalue weighted by Crippen LogP contribution is 2.30. The van der Waals surface area contributed by atoms with Gasteiger partial charge in [-0.05, 0) is 42.4 Å². The third-order valence-corrected chi connectivity index (χ3v) is 3.50. The molecule has 1 saturated carbocycles. The van der Waals surface area contributed by atoms with Crippen LogP contribution >= 0.6 is 0 Å². The molecule has 0 radical (unpaired) electrons. The van der Waals surface area contributed by atoms with Crippen molar-refractivity contribution in [2.75, 3.05) is 0 Å². The van der Waals surface area contributed by atoms with E-state index in [0.29, 0.717) is 18.4 Å². The molecule has 0 atom stereocenters. The van der Waals surface area contributed by atoms with Crippen molar-refractivity contribution in [2.45, 2.75) is 59.0 Å². The number of pyridine rings is 1. The van der Waals surface area contributed by atoms with E-state index in [0.717, 1.165) is 25.8 Å². The summed E-state index contributed by atoms with van der Waals surface area (Å²) in [6.07, 6.45) is 7.51. The quantitative estimate of drug-likeness (QED) is 0.813. The van der Waals surface area contributed by atoms with E-state index in [-0.39, 0.29) is 5.41 Å². The van der Waals surface area contributed by atoms with Gasteiger partial charge in [-0.15, -0.1) is 0 Å². The Morgan fingerprint density at radius 2 is 1.95 bits per heavy atom. The highest BCUT2D eigenvalue weighted by molar-refractivity contribution is 5.76. The van der Waals surface area contributed by atoms with Gasteiger partial charge in [-0.1, -0.05) is 20.8 Å². The minimum Gasteiger partial charge on any atom is -0.335 e. The highest BCUT2D eigenvalue weighted by Gasteiger charge is 2.32. The molecule has 1 aromatic rings. The zero-order valence-corrected chi connectivity index (χ0v) is 12.2. The number of rotatable bonds is 5. The Bertz CT molecular complexity index is 418. The number of hydrogen-bond donors (Lipinski definition) is 0. The monoisotopic (exact) mass is 260 g/mol. The maximum atomic E-state index is 12.4. The number of nitrogens with zero attached hydrogens (tertiary/aromatic N) is 2. The molecule has 0 N–H and O–H groups in total. The van der Waals surface area contributed by atoms with Gasteiger partial charge in [-0.25, -0.2) is 0 Å². The lowest BCUT2D eigenvalue weighted by atomic mass is 9.90. The summed E-state index contributed by atoms with van der Waals surface area (Å²) in [5.74, 6) is 0.300. The fraction of sp³-hybridized carbons (Fsp3) is 0.625. The standard InChI is InChI=1S/C16H24N2O/c1-16(2,3)9-6-15(19)18(14-4-5-14)12-13-7-10-17-11-8-13/h7-8,10-11,14H,4-6,9,12H2,1-3H3. The molecule has 0 unspecified atom stereocenters. The van der Waals surface area contributed by atoms with Gasteiger partial charge in [0, 0.05) is 31.4 Å². The van der Waals surface area contributed by atoms with Crippen molar-refractivity contribution < 1.29 is 4.79 Å². The zero-order chi connectivity index (χ0) is 13.9. The first-order chi connectivity index (χ1) is 8.96. The molecule has 1 aliphatic carbocycles. The molecule has 1 aromatic heterocycles. The lowest BCUT2D eigenvalue weighted by molar-refractivity contribution is -0.133. The van der Waals surface area contributed by atoms with Crippen LogP contribution in [-0.2, 0) is 11.3 Å². The van der Waals surface area contributed by atoms with E-state index in [1.807, 2.05) is 12.1 Å². The molecule has 2 rings (SSSR count). The van der Waals surface area contributed by atoms with Gasteiger partial charge in [0.05, 0.1) is 0 Å². The second-order valence-corrected chi connectivity index (χ2v) is 6.67. The molecule has 3 nitrogen and oxygen atoms in total. The Labute approximate surface area is 116 Å². The molecule has 0 saturated heterocycles. The number of carbonyl (C=O) groups is 1. The van der Waals surface area contributed by atoms with Gasteiger partial charge in [0.1, 0.15) is 0 Å². The molecule has 1 heterocycles. The molecule has 1 aliphatic rings. The van der Waals surface area contributed by atoms with Gasteiger partial charge < -0.3 is 4.90 Å². The Morgan fingerprint density at radius 1 is 1.32 bits per heavy atom. The average Bonchev–Trinajstić information content (AvgIpc) is 3.18. The van der Waals surface area contributed by atoms with Gasteiger partial charge >= 0.3 is 0 Å². The van der Waals surface area contributed by atoms with Crippen molar-refractivity contribution in [2.24, 2.45) is 5.41 Å². The first-order valence-corrected chi connectivity index (χ1v) is 7.14. The summed E-state index contributed by atoms with van der Waals surface area (Å²) in [6, 6.07) is 4.46. The lowest BCUT2D eigenvalue weighted by Crippen LogP contribution is -2.33. The number of hydrogen-bond acceptors (Lipinski definition) is 2.